The average molecular weight is 269 g/mol. The highest BCUT2D eigenvalue weighted by atomic mass is 79.9. The Hall–Kier alpha value is -0.670. The minimum absolute atomic E-state index is 0.193. The number of carbonyl (C=O) groups excluding carboxylic acids is 1. The van der Waals surface area contributed by atoms with Crippen LogP contribution in [0.3, 0.4) is 0 Å². The Labute approximate surface area is 97.4 Å². The Bertz CT molecular complexity index is 376. The van der Waals surface area contributed by atoms with Gasteiger partial charge in [0.15, 0.2) is 0 Å². The van der Waals surface area contributed by atoms with Gasteiger partial charge in [0.05, 0.1) is 6.10 Å². The van der Waals surface area contributed by atoms with E-state index in [9.17, 15) is 9.90 Å². The largest absolute Gasteiger partial charge is 0.388 e. The van der Waals surface area contributed by atoms with Crippen LogP contribution < -0.4 is 0 Å². The van der Waals surface area contributed by atoms with E-state index < -0.39 is 6.10 Å². The summed E-state index contributed by atoms with van der Waals surface area (Å²) in [5.41, 5.74) is 0.817. The molecule has 1 saturated carbocycles. The van der Waals surface area contributed by atoms with Crippen molar-refractivity contribution in [3.05, 3.63) is 34.3 Å². The van der Waals surface area contributed by atoms with Crippen molar-refractivity contribution in [3.63, 3.8) is 0 Å². The third kappa shape index (κ3) is 2.13. The number of carbonyl (C=O) groups is 1. The van der Waals surface area contributed by atoms with E-state index in [2.05, 4.69) is 15.9 Å². The van der Waals surface area contributed by atoms with Gasteiger partial charge in [0, 0.05) is 16.8 Å². The lowest BCUT2D eigenvalue weighted by molar-refractivity contribution is -0.123. The lowest BCUT2D eigenvalue weighted by atomic mass is 9.94. The Morgan fingerprint density at radius 1 is 1.40 bits per heavy atom. The minimum Gasteiger partial charge on any atom is -0.388 e. The normalized spacial score (nSPS) is 23.1. The van der Waals surface area contributed by atoms with Crippen molar-refractivity contribution >= 4 is 21.7 Å². The molecule has 0 heterocycles. The fourth-order valence-electron chi connectivity index (χ4n) is 2.11. The maximum atomic E-state index is 11.5. The van der Waals surface area contributed by atoms with Crippen molar-refractivity contribution in [2.24, 2.45) is 5.92 Å². The average Bonchev–Trinajstić information content (AvgIpc) is 2.64. The van der Waals surface area contributed by atoms with Gasteiger partial charge in [-0.1, -0.05) is 34.1 Å². The van der Waals surface area contributed by atoms with Crippen LogP contribution in [-0.4, -0.2) is 10.9 Å². The molecule has 1 N–H and O–H groups in total. The second kappa shape index (κ2) is 4.45. The van der Waals surface area contributed by atoms with Gasteiger partial charge in [-0.05, 0) is 24.5 Å². The van der Waals surface area contributed by atoms with Crippen LogP contribution in [0.5, 0.6) is 0 Å². The molecule has 0 radical (unpaired) electrons. The van der Waals surface area contributed by atoms with E-state index in [1.54, 1.807) is 0 Å². The molecule has 1 aromatic carbocycles. The number of aliphatic hydroxyl groups excluding tert-OH is 1. The van der Waals surface area contributed by atoms with E-state index in [1.165, 1.54) is 0 Å². The van der Waals surface area contributed by atoms with Crippen LogP contribution in [-0.2, 0) is 4.79 Å². The first kappa shape index (κ1) is 10.8. The molecule has 0 aliphatic heterocycles. The zero-order valence-electron chi connectivity index (χ0n) is 8.32. The smallest absolute Gasteiger partial charge is 0.138 e. The number of hydrogen-bond donors (Lipinski definition) is 1. The Morgan fingerprint density at radius 2 is 2.13 bits per heavy atom. The quantitative estimate of drug-likeness (QED) is 0.896. The van der Waals surface area contributed by atoms with Crippen molar-refractivity contribution in [1.29, 1.82) is 0 Å². The van der Waals surface area contributed by atoms with Crippen molar-refractivity contribution in [2.45, 2.75) is 25.4 Å². The molecule has 80 valence electrons. The molecule has 15 heavy (non-hydrogen) atoms. The number of rotatable bonds is 2. The number of benzene rings is 1. The molecule has 2 rings (SSSR count). The van der Waals surface area contributed by atoms with E-state index in [1.807, 2.05) is 24.3 Å². The minimum atomic E-state index is -0.657. The number of aliphatic hydroxyl groups is 1. The van der Waals surface area contributed by atoms with Crippen LogP contribution in [0.2, 0.25) is 0 Å². The summed E-state index contributed by atoms with van der Waals surface area (Å²) in [6, 6.07) is 7.53. The van der Waals surface area contributed by atoms with E-state index in [4.69, 9.17) is 0 Å². The van der Waals surface area contributed by atoms with Crippen LogP contribution in [0.4, 0.5) is 0 Å². The van der Waals surface area contributed by atoms with Gasteiger partial charge < -0.3 is 5.11 Å². The number of hydrogen-bond acceptors (Lipinski definition) is 2. The van der Waals surface area contributed by atoms with Crippen molar-refractivity contribution in [1.82, 2.24) is 0 Å². The summed E-state index contributed by atoms with van der Waals surface area (Å²) in [7, 11) is 0. The maximum absolute atomic E-state index is 11.5. The zero-order chi connectivity index (χ0) is 10.8. The fraction of sp³-hybridized carbons (Fsp3) is 0.417. The monoisotopic (exact) mass is 268 g/mol. The van der Waals surface area contributed by atoms with Gasteiger partial charge in [-0.2, -0.15) is 0 Å². The molecule has 0 spiro atoms. The van der Waals surface area contributed by atoms with Crippen LogP contribution in [0.15, 0.2) is 28.7 Å². The molecule has 0 bridgehead atoms. The van der Waals surface area contributed by atoms with Crippen molar-refractivity contribution < 1.29 is 9.90 Å². The second-order valence-electron chi connectivity index (χ2n) is 3.93. The predicted octanol–water partition coefficient (Wildman–Crippen LogP) is 2.85. The van der Waals surface area contributed by atoms with Crippen LogP contribution >= 0.6 is 15.9 Å². The first-order valence-corrected chi connectivity index (χ1v) is 5.94. The van der Waals surface area contributed by atoms with Crippen LogP contribution in [0, 0.1) is 5.92 Å². The molecule has 1 aliphatic carbocycles. The molecule has 1 aliphatic rings. The Balaban J connectivity index is 2.24. The molecule has 0 amide bonds. The van der Waals surface area contributed by atoms with E-state index in [-0.39, 0.29) is 11.7 Å². The third-order valence-corrected chi connectivity index (χ3v) is 3.68. The molecular weight excluding hydrogens is 256 g/mol. The second-order valence-corrected chi connectivity index (χ2v) is 4.79. The van der Waals surface area contributed by atoms with Gasteiger partial charge in [-0.25, -0.2) is 0 Å². The summed E-state index contributed by atoms with van der Waals surface area (Å²) in [6.07, 6.45) is 1.67. The topological polar surface area (TPSA) is 37.3 Å². The summed E-state index contributed by atoms with van der Waals surface area (Å²) in [5.74, 6) is -0.0121. The van der Waals surface area contributed by atoms with Gasteiger partial charge in [-0.3, -0.25) is 4.79 Å². The molecule has 2 unspecified atom stereocenters. The summed E-state index contributed by atoms with van der Waals surface area (Å²) in [5, 5.41) is 10.1. The molecule has 0 saturated heterocycles. The van der Waals surface area contributed by atoms with E-state index >= 15 is 0 Å². The van der Waals surface area contributed by atoms with Crippen molar-refractivity contribution in [2.75, 3.05) is 0 Å². The van der Waals surface area contributed by atoms with Gasteiger partial charge in [-0.15, -0.1) is 0 Å². The standard InChI is InChI=1S/C12H13BrO2/c13-10-6-2-1-4-8(10)12(15)9-5-3-7-11(9)14/h1-2,4,6,9,12,15H,3,5,7H2. The number of ketones is 1. The molecule has 3 heteroatoms. The van der Waals surface area contributed by atoms with Gasteiger partial charge >= 0.3 is 0 Å². The highest BCUT2D eigenvalue weighted by Crippen LogP contribution is 2.35. The molecular formula is C12H13BrO2. The zero-order valence-corrected chi connectivity index (χ0v) is 9.90. The lowest BCUT2D eigenvalue weighted by Crippen LogP contribution is -2.17. The molecule has 1 fully saturated rings. The SMILES string of the molecule is O=C1CCCC1C(O)c1ccccc1Br. The van der Waals surface area contributed by atoms with Crippen LogP contribution in [0.1, 0.15) is 30.9 Å². The molecule has 0 aromatic heterocycles. The van der Waals surface area contributed by atoms with E-state index in [0.717, 1.165) is 22.9 Å². The highest BCUT2D eigenvalue weighted by molar-refractivity contribution is 9.10. The third-order valence-electron chi connectivity index (χ3n) is 2.96. The fourth-order valence-corrected chi connectivity index (χ4v) is 2.63. The summed E-state index contributed by atoms with van der Waals surface area (Å²) in [6.45, 7) is 0. The van der Waals surface area contributed by atoms with Crippen LogP contribution in [0.25, 0.3) is 0 Å². The first-order chi connectivity index (χ1) is 7.20. The lowest BCUT2D eigenvalue weighted by Gasteiger charge is -2.18. The van der Waals surface area contributed by atoms with Gasteiger partial charge in [0.1, 0.15) is 5.78 Å². The van der Waals surface area contributed by atoms with E-state index in [0.29, 0.717) is 6.42 Å². The van der Waals surface area contributed by atoms with Gasteiger partial charge in [0.2, 0.25) is 0 Å². The molecule has 2 nitrogen and oxygen atoms in total. The molecule has 2 atom stereocenters. The maximum Gasteiger partial charge on any atom is 0.138 e. The van der Waals surface area contributed by atoms with Crippen molar-refractivity contribution in [3.8, 4) is 0 Å². The highest BCUT2D eigenvalue weighted by Gasteiger charge is 2.32. The molecule has 1 aromatic rings. The van der Waals surface area contributed by atoms with Gasteiger partial charge in [0.25, 0.3) is 0 Å². The predicted molar refractivity (Wildman–Crippen MR) is 61.4 cm³/mol. The summed E-state index contributed by atoms with van der Waals surface area (Å²) in [4.78, 5) is 11.5. The Kier molecular flexibility index (Phi) is 3.22. The summed E-state index contributed by atoms with van der Waals surface area (Å²) < 4.78 is 0.872. The number of halogens is 1. The number of Topliss-reactive ketones (excluding diaryl/α,β-unsaturated/α-hetero) is 1. The summed E-state index contributed by atoms with van der Waals surface area (Å²) >= 11 is 3.39. The Morgan fingerprint density at radius 3 is 2.73 bits per heavy atom. The first-order valence-electron chi connectivity index (χ1n) is 5.15.